The number of carbonyl (C=O) groups excluding carboxylic acids is 1. The SMILES string of the molecule is C=CCn1c(=NC(=O)c2ccnn2C(C)C)sc2c(OC)ccc(OC)c21. The highest BCUT2D eigenvalue weighted by Gasteiger charge is 2.18. The molecule has 0 bridgehead atoms. The fourth-order valence-electron chi connectivity index (χ4n) is 2.88. The number of rotatable bonds is 6. The second-order valence-corrected chi connectivity index (χ2v) is 7.08. The molecular weight excluding hydrogens is 364 g/mol. The summed E-state index contributed by atoms with van der Waals surface area (Å²) in [6.45, 7) is 8.24. The molecule has 8 heteroatoms. The molecule has 0 aliphatic rings. The first-order valence-electron chi connectivity index (χ1n) is 8.49. The maximum absolute atomic E-state index is 12.8. The summed E-state index contributed by atoms with van der Waals surface area (Å²) in [7, 11) is 3.22. The normalized spacial score (nSPS) is 12.0. The van der Waals surface area contributed by atoms with E-state index in [1.165, 1.54) is 11.3 Å². The average Bonchev–Trinajstić information content (AvgIpc) is 3.27. The van der Waals surface area contributed by atoms with Crippen molar-refractivity contribution in [3.05, 3.63) is 47.5 Å². The number of hydrogen-bond acceptors (Lipinski definition) is 5. The van der Waals surface area contributed by atoms with Crippen molar-refractivity contribution < 1.29 is 14.3 Å². The number of thiazole rings is 1. The Labute approximate surface area is 161 Å². The van der Waals surface area contributed by atoms with Gasteiger partial charge in [0.1, 0.15) is 27.4 Å². The van der Waals surface area contributed by atoms with Gasteiger partial charge in [-0.1, -0.05) is 17.4 Å². The largest absolute Gasteiger partial charge is 0.495 e. The minimum atomic E-state index is -0.344. The predicted octanol–water partition coefficient (Wildman–Crippen LogP) is 3.42. The number of fused-ring (bicyclic) bond motifs is 1. The monoisotopic (exact) mass is 386 g/mol. The number of carbonyl (C=O) groups is 1. The Balaban J connectivity index is 2.25. The van der Waals surface area contributed by atoms with Crippen molar-refractivity contribution in [1.29, 1.82) is 0 Å². The Hall–Kier alpha value is -2.87. The number of benzene rings is 1. The van der Waals surface area contributed by atoms with Gasteiger partial charge < -0.3 is 14.0 Å². The molecule has 3 rings (SSSR count). The van der Waals surface area contributed by atoms with Crippen molar-refractivity contribution in [2.24, 2.45) is 4.99 Å². The van der Waals surface area contributed by atoms with Crippen LogP contribution in [0.25, 0.3) is 10.2 Å². The summed E-state index contributed by atoms with van der Waals surface area (Å²) in [5.41, 5.74) is 1.28. The molecule has 0 radical (unpaired) electrons. The maximum Gasteiger partial charge on any atom is 0.297 e. The third-order valence-electron chi connectivity index (χ3n) is 4.08. The average molecular weight is 386 g/mol. The van der Waals surface area contributed by atoms with Gasteiger partial charge in [0, 0.05) is 18.8 Å². The van der Waals surface area contributed by atoms with E-state index in [9.17, 15) is 4.79 Å². The van der Waals surface area contributed by atoms with E-state index in [2.05, 4.69) is 16.7 Å². The van der Waals surface area contributed by atoms with Gasteiger partial charge in [-0.05, 0) is 32.0 Å². The lowest BCUT2D eigenvalue weighted by Crippen LogP contribution is -2.18. The third-order valence-corrected chi connectivity index (χ3v) is 5.17. The van der Waals surface area contributed by atoms with Crippen LogP contribution >= 0.6 is 11.3 Å². The molecule has 0 aliphatic carbocycles. The Morgan fingerprint density at radius 3 is 2.63 bits per heavy atom. The Kier molecular flexibility index (Phi) is 5.46. The Morgan fingerprint density at radius 1 is 1.30 bits per heavy atom. The molecule has 0 spiro atoms. The molecule has 0 aliphatic heterocycles. The number of nitrogens with zero attached hydrogens (tertiary/aromatic N) is 4. The number of methoxy groups -OCH3 is 2. The minimum Gasteiger partial charge on any atom is -0.495 e. The molecule has 142 valence electrons. The van der Waals surface area contributed by atoms with Crippen LogP contribution in [-0.4, -0.2) is 34.5 Å². The summed E-state index contributed by atoms with van der Waals surface area (Å²) >= 11 is 1.38. The third kappa shape index (κ3) is 3.40. The Morgan fingerprint density at radius 2 is 2.00 bits per heavy atom. The van der Waals surface area contributed by atoms with Gasteiger partial charge in [0.25, 0.3) is 5.91 Å². The first-order chi connectivity index (χ1) is 13.0. The van der Waals surface area contributed by atoms with Crippen LogP contribution in [-0.2, 0) is 6.54 Å². The molecule has 1 aromatic carbocycles. The lowest BCUT2D eigenvalue weighted by Gasteiger charge is -2.09. The fourth-order valence-corrected chi connectivity index (χ4v) is 4.02. The summed E-state index contributed by atoms with van der Waals surface area (Å²) < 4.78 is 15.4. The zero-order chi connectivity index (χ0) is 19.6. The standard InChI is InChI=1S/C19H22N4O3S/c1-6-11-22-16-14(25-4)7-8-15(26-5)17(16)27-19(22)21-18(24)13-9-10-20-23(13)12(2)3/h6-10,12H,1,11H2,2-5H3. The highest BCUT2D eigenvalue weighted by atomic mass is 32.1. The number of hydrogen-bond donors (Lipinski definition) is 0. The van der Waals surface area contributed by atoms with Gasteiger partial charge in [-0.3, -0.25) is 9.48 Å². The van der Waals surface area contributed by atoms with Crippen molar-refractivity contribution in [2.45, 2.75) is 26.4 Å². The lowest BCUT2D eigenvalue weighted by molar-refractivity contribution is 0.0986. The highest BCUT2D eigenvalue weighted by Crippen LogP contribution is 2.35. The van der Waals surface area contributed by atoms with E-state index in [0.29, 0.717) is 28.5 Å². The molecule has 0 N–H and O–H groups in total. The summed E-state index contributed by atoms with van der Waals surface area (Å²) in [4.78, 5) is 17.7. The van der Waals surface area contributed by atoms with Crippen molar-refractivity contribution in [2.75, 3.05) is 14.2 Å². The molecular formula is C19H22N4O3S. The topological polar surface area (TPSA) is 70.6 Å². The molecule has 0 fully saturated rings. The van der Waals surface area contributed by atoms with Crippen LogP contribution in [0.3, 0.4) is 0 Å². The second kappa shape index (κ2) is 7.79. The summed E-state index contributed by atoms with van der Waals surface area (Å²) in [5.74, 6) is 1.04. The number of aromatic nitrogens is 3. The van der Waals surface area contributed by atoms with Crippen LogP contribution in [0.4, 0.5) is 0 Å². The van der Waals surface area contributed by atoms with Gasteiger partial charge in [0.2, 0.25) is 0 Å². The van der Waals surface area contributed by atoms with Crippen molar-refractivity contribution >= 4 is 27.5 Å². The molecule has 1 amide bonds. The number of amides is 1. The first kappa shape index (κ1) is 18.9. The van der Waals surface area contributed by atoms with Crippen LogP contribution in [0.1, 0.15) is 30.4 Å². The van der Waals surface area contributed by atoms with Crippen LogP contribution in [0.15, 0.2) is 42.0 Å². The minimum absolute atomic E-state index is 0.0667. The molecule has 2 heterocycles. The van der Waals surface area contributed by atoms with Crippen LogP contribution in [0.2, 0.25) is 0 Å². The lowest BCUT2D eigenvalue weighted by atomic mass is 10.3. The van der Waals surface area contributed by atoms with E-state index >= 15 is 0 Å². The molecule has 0 saturated carbocycles. The maximum atomic E-state index is 12.8. The van der Waals surface area contributed by atoms with Crippen LogP contribution in [0, 0.1) is 0 Å². The summed E-state index contributed by atoms with van der Waals surface area (Å²) in [5, 5.41) is 4.21. The van der Waals surface area contributed by atoms with E-state index < -0.39 is 0 Å². The quantitative estimate of drug-likeness (QED) is 0.609. The van der Waals surface area contributed by atoms with Crippen molar-refractivity contribution in [3.63, 3.8) is 0 Å². The highest BCUT2D eigenvalue weighted by molar-refractivity contribution is 7.16. The number of allylic oxidation sites excluding steroid dienone is 1. The predicted molar refractivity (Wildman–Crippen MR) is 106 cm³/mol. The van der Waals surface area contributed by atoms with E-state index in [4.69, 9.17) is 9.47 Å². The van der Waals surface area contributed by atoms with Gasteiger partial charge in [0.05, 0.1) is 14.2 Å². The van der Waals surface area contributed by atoms with E-state index in [0.717, 1.165) is 10.2 Å². The van der Waals surface area contributed by atoms with Crippen molar-refractivity contribution in [3.8, 4) is 11.5 Å². The van der Waals surface area contributed by atoms with E-state index in [-0.39, 0.29) is 11.9 Å². The van der Waals surface area contributed by atoms with E-state index in [1.807, 2.05) is 30.5 Å². The molecule has 0 atom stereocenters. The zero-order valence-electron chi connectivity index (χ0n) is 15.8. The molecule has 0 saturated heterocycles. The van der Waals surface area contributed by atoms with Gasteiger partial charge in [-0.15, -0.1) is 6.58 Å². The van der Waals surface area contributed by atoms with Gasteiger partial charge in [0.15, 0.2) is 4.80 Å². The molecule has 27 heavy (non-hydrogen) atoms. The second-order valence-electron chi connectivity index (χ2n) is 6.10. The first-order valence-corrected chi connectivity index (χ1v) is 9.31. The zero-order valence-corrected chi connectivity index (χ0v) is 16.6. The summed E-state index contributed by atoms with van der Waals surface area (Å²) in [6.07, 6.45) is 3.37. The van der Waals surface area contributed by atoms with Crippen LogP contribution in [0.5, 0.6) is 11.5 Å². The summed E-state index contributed by atoms with van der Waals surface area (Å²) in [6, 6.07) is 5.43. The van der Waals surface area contributed by atoms with Gasteiger partial charge in [-0.25, -0.2) is 0 Å². The molecule has 0 unspecified atom stereocenters. The van der Waals surface area contributed by atoms with Crippen LogP contribution < -0.4 is 14.3 Å². The van der Waals surface area contributed by atoms with Crippen molar-refractivity contribution in [1.82, 2.24) is 14.3 Å². The molecule has 3 aromatic rings. The smallest absolute Gasteiger partial charge is 0.297 e. The van der Waals surface area contributed by atoms with Gasteiger partial charge >= 0.3 is 0 Å². The fraction of sp³-hybridized carbons (Fsp3) is 0.316. The molecule has 7 nitrogen and oxygen atoms in total. The molecule has 2 aromatic heterocycles. The van der Waals surface area contributed by atoms with Gasteiger partial charge in [-0.2, -0.15) is 10.1 Å². The van der Waals surface area contributed by atoms with E-state index in [1.54, 1.807) is 37.2 Å². The Bertz CT molecular complexity index is 1060. The number of ether oxygens (including phenoxy) is 2.